The molecule has 0 aromatic heterocycles. The molecule has 2 unspecified atom stereocenters. The molecule has 0 radical (unpaired) electrons. The number of carbonyl (C=O) groups is 1. The van der Waals surface area contributed by atoms with Crippen LogP contribution in [0.4, 0.5) is 8.78 Å². The molecule has 1 N–H and O–H groups in total. The molecule has 1 aromatic carbocycles. The molecule has 2 fully saturated rings. The maximum absolute atomic E-state index is 12.1. The van der Waals surface area contributed by atoms with Crippen LogP contribution in [0.15, 0.2) is 24.3 Å². The van der Waals surface area contributed by atoms with E-state index in [0.29, 0.717) is 6.54 Å². The Hall–Kier alpha value is -1.69. The Labute approximate surface area is 122 Å². The van der Waals surface area contributed by atoms with Crippen LogP contribution in [0.2, 0.25) is 0 Å². The highest BCUT2D eigenvalue weighted by Crippen LogP contribution is 2.51. The van der Waals surface area contributed by atoms with Gasteiger partial charge in [0.05, 0.1) is 6.54 Å². The summed E-state index contributed by atoms with van der Waals surface area (Å²) in [6.07, 6.45) is 0.800. The highest BCUT2D eigenvalue weighted by Gasteiger charge is 2.54. The van der Waals surface area contributed by atoms with E-state index in [0.717, 1.165) is 12.0 Å². The predicted molar refractivity (Wildman–Crippen MR) is 72.8 cm³/mol. The molecule has 1 aliphatic heterocycles. The number of hydrogen-bond donors (Lipinski definition) is 1. The van der Waals surface area contributed by atoms with Crippen molar-refractivity contribution in [1.82, 2.24) is 10.2 Å². The van der Waals surface area contributed by atoms with Gasteiger partial charge in [0, 0.05) is 6.04 Å². The quantitative estimate of drug-likeness (QED) is 0.928. The Balaban J connectivity index is 1.77. The van der Waals surface area contributed by atoms with Gasteiger partial charge in [0.1, 0.15) is 11.9 Å². The summed E-state index contributed by atoms with van der Waals surface area (Å²) >= 11 is 0. The van der Waals surface area contributed by atoms with Crippen LogP contribution in [0.5, 0.6) is 5.75 Å². The van der Waals surface area contributed by atoms with Gasteiger partial charge in [-0.05, 0) is 29.5 Å². The van der Waals surface area contributed by atoms with Crippen LogP contribution in [-0.2, 0) is 4.79 Å². The topological polar surface area (TPSA) is 41.6 Å². The zero-order chi connectivity index (χ0) is 15.2. The highest BCUT2D eigenvalue weighted by molar-refractivity contribution is 5.81. The van der Waals surface area contributed by atoms with Gasteiger partial charge in [0.15, 0.2) is 0 Å². The average Bonchev–Trinajstić information content (AvgIpc) is 2.86. The summed E-state index contributed by atoms with van der Waals surface area (Å²) in [5.74, 6) is 0.208. The van der Waals surface area contributed by atoms with Crippen molar-refractivity contribution in [2.75, 3.05) is 6.54 Å². The molecule has 6 heteroatoms. The first-order chi connectivity index (χ1) is 9.88. The van der Waals surface area contributed by atoms with Gasteiger partial charge in [0.2, 0.25) is 5.91 Å². The maximum atomic E-state index is 12.1. The van der Waals surface area contributed by atoms with Crippen LogP contribution in [0.25, 0.3) is 0 Å². The fourth-order valence-corrected chi connectivity index (χ4v) is 2.90. The van der Waals surface area contributed by atoms with Crippen molar-refractivity contribution in [3.63, 3.8) is 0 Å². The lowest BCUT2D eigenvalue weighted by Gasteiger charge is -2.26. The van der Waals surface area contributed by atoms with Crippen LogP contribution < -0.4 is 10.1 Å². The monoisotopic (exact) mass is 296 g/mol. The Bertz CT molecular complexity index is 545. The van der Waals surface area contributed by atoms with E-state index in [1.165, 1.54) is 12.1 Å². The van der Waals surface area contributed by atoms with E-state index in [1.807, 2.05) is 4.90 Å². The van der Waals surface area contributed by atoms with Gasteiger partial charge in [-0.1, -0.05) is 26.0 Å². The summed E-state index contributed by atoms with van der Waals surface area (Å²) in [7, 11) is 0. The van der Waals surface area contributed by atoms with Gasteiger partial charge in [-0.3, -0.25) is 10.1 Å². The van der Waals surface area contributed by atoms with Gasteiger partial charge in [-0.25, -0.2) is 0 Å². The van der Waals surface area contributed by atoms with E-state index in [9.17, 15) is 13.6 Å². The van der Waals surface area contributed by atoms with E-state index in [4.69, 9.17) is 0 Å². The molecule has 2 aliphatic rings. The van der Waals surface area contributed by atoms with Gasteiger partial charge < -0.3 is 9.64 Å². The van der Waals surface area contributed by atoms with Crippen molar-refractivity contribution in [2.24, 2.45) is 5.41 Å². The van der Waals surface area contributed by atoms with Crippen LogP contribution in [0, 0.1) is 5.41 Å². The minimum atomic E-state index is -2.83. The van der Waals surface area contributed by atoms with Crippen molar-refractivity contribution >= 4 is 5.91 Å². The number of benzene rings is 1. The van der Waals surface area contributed by atoms with Crippen molar-refractivity contribution < 1.29 is 18.3 Å². The summed E-state index contributed by atoms with van der Waals surface area (Å²) in [6.45, 7) is 1.76. The SMILES string of the molecule is CC1(C)CC1N1C(=O)CNC1c1ccc(OC(F)F)cc1. The molecule has 1 amide bonds. The van der Waals surface area contributed by atoms with Gasteiger partial charge in [0.25, 0.3) is 0 Å². The zero-order valence-corrected chi connectivity index (χ0v) is 12.0. The van der Waals surface area contributed by atoms with Crippen LogP contribution in [0.1, 0.15) is 32.0 Å². The van der Waals surface area contributed by atoms with Gasteiger partial charge in [-0.2, -0.15) is 8.78 Å². The largest absolute Gasteiger partial charge is 0.435 e. The first kappa shape index (κ1) is 14.3. The Morgan fingerprint density at radius 1 is 1.33 bits per heavy atom. The lowest BCUT2D eigenvalue weighted by Crippen LogP contribution is -2.34. The summed E-state index contributed by atoms with van der Waals surface area (Å²) in [6, 6.07) is 6.68. The molecular formula is C15H18F2N2O2. The third-order valence-electron chi connectivity index (χ3n) is 4.23. The summed E-state index contributed by atoms with van der Waals surface area (Å²) in [5.41, 5.74) is 1.03. The molecule has 0 bridgehead atoms. The average molecular weight is 296 g/mol. The molecule has 1 saturated heterocycles. The normalized spacial score (nSPS) is 27.3. The van der Waals surface area contributed by atoms with E-state index >= 15 is 0 Å². The lowest BCUT2D eigenvalue weighted by atomic mass is 10.1. The molecule has 2 atom stereocenters. The number of halogens is 2. The highest BCUT2D eigenvalue weighted by atomic mass is 19.3. The van der Waals surface area contributed by atoms with Crippen LogP contribution in [-0.4, -0.2) is 30.0 Å². The number of rotatable bonds is 4. The van der Waals surface area contributed by atoms with Gasteiger partial charge >= 0.3 is 6.61 Å². The molecule has 1 aromatic rings. The number of hydrogen-bond acceptors (Lipinski definition) is 3. The number of alkyl halides is 2. The fourth-order valence-electron chi connectivity index (χ4n) is 2.90. The van der Waals surface area contributed by atoms with Crippen LogP contribution >= 0.6 is 0 Å². The third-order valence-corrected chi connectivity index (χ3v) is 4.23. The number of carbonyl (C=O) groups excluding carboxylic acids is 1. The van der Waals surface area contributed by atoms with E-state index in [1.54, 1.807) is 12.1 Å². The minimum Gasteiger partial charge on any atom is -0.435 e. The lowest BCUT2D eigenvalue weighted by molar-refractivity contribution is -0.129. The van der Waals surface area contributed by atoms with Crippen molar-refractivity contribution in [3.05, 3.63) is 29.8 Å². The molecular weight excluding hydrogens is 278 g/mol. The molecule has 1 saturated carbocycles. The Morgan fingerprint density at radius 2 is 1.95 bits per heavy atom. The molecule has 3 rings (SSSR count). The number of ether oxygens (including phenoxy) is 1. The van der Waals surface area contributed by atoms with E-state index in [-0.39, 0.29) is 29.3 Å². The second-order valence-corrected chi connectivity index (χ2v) is 6.24. The number of nitrogens with one attached hydrogen (secondary N) is 1. The maximum Gasteiger partial charge on any atom is 0.387 e. The Kier molecular flexibility index (Phi) is 3.36. The Morgan fingerprint density at radius 3 is 2.48 bits per heavy atom. The molecule has 1 aliphatic carbocycles. The zero-order valence-electron chi connectivity index (χ0n) is 12.0. The summed E-state index contributed by atoms with van der Waals surface area (Å²) in [5, 5.41) is 3.18. The third kappa shape index (κ3) is 2.72. The predicted octanol–water partition coefficient (Wildman–Crippen LogP) is 2.52. The second-order valence-electron chi connectivity index (χ2n) is 6.24. The summed E-state index contributed by atoms with van der Waals surface area (Å²) < 4.78 is 28.6. The van der Waals surface area contributed by atoms with Crippen molar-refractivity contribution in [3.8, 4) is 5.75 Å². The molecule has 4 nitrogen and oxygen atoms in total. The van der Waals surface area contributed by atoms with E-state index < -0.39 is 6.61 Å². The molecule has 1 heterocycles. The van der Waals surface area contributed by atoms with Crippen LogP contribution in [0.3, 0.4) is 0 Å². The first-order valence-corrected chi connectivity index (χ1v) is 6.98. The molecule has 21 heavy (non-hydrogen) atoms. The van der Waals surface area contributed by atoms with Crippen molar-refractivity contribution in [2.45, 2.75) is 39.1 Å². The molecule has 114 valence electrons. The van der Waals surface area contributed by atoms with Gasteiger partial charge in [-0.15, -0.1) is 0 Å². The minimum absolute atomic E-state index is 0.0866. The standard InChI is InChI=1S/C15H18F2N2O2/c1-15(2)7-11(15)19-12(20)8-18-13(19)9-3-5-10(6-4-9)21-14(16)17/h3-6,11,13-14,18H,7-8H2,1-2H3. The first-order valence-electron chi connectivity index (χ1n) is 6.98. The number of amides is 1. The van der Waals surface area contributed by atoms with E-state index in [2.05, 4.69) is 23.9 Å². The fraction of sp³-hybridized carbons (Fsp3) is 0.533. The second kappa shape index (κ2) is 4.94. The number of nitrogens with zero attached hydrogens (tertiary/aromatic N) is 1. The van der Waals surface area contributed by atoms with Crippen molar-refractivity contribution in [1.29, 1.82) is 0 Å². The molecule has 0 spiro atoms. The summed E-state index contributed by atoms with van der Waals surface area (Å²) in [4.78, 5) is 14.0. The smallest absolute Gasteiger partial charge is 0.387 e.